The lowest BCUT2D eigenvalue weighted by Crippen LogP contribution is -2.55. The maximum Gasteiger partial charge on any atom is 0.262 e. The summed E-state index contributed by atoms with van der Waals surface area (Å²) in [7, 11) is 0. The highest BCUT2D eigenvalue weighted by molar-refractivity contribution is 6.59. The molecule has 0 nitrogen and oxygen atoms in total. The van der Waals surface area contributed by atoms with Gasteiger partial charge in [-0.2, -0.15) is 0 Å². The van der Waals surface area contributed by atoms with Crippen LogP contribution in [0.25, 0.3) is 0 Å². The Bertz CT molecular complexity index is 602. The Kier molecular flexibility index (Phi) is 5.16. The summed E-state index contributed by atoms with van der Waals surface area (Å²) in [5.41, 5.74) is 2.05. The van der Waals surface area contributed by atoms with Crippen LogP contribution in [0.2, 0.25) is 15.8 Å². The molecule has 9 aliphatic carbocycles. The summed E-state index contributed by atoms with van der Waals surface area (Å²) in [5, 5.41) is 5.21. The van der Waals surface area contributed by atoms with Crippen molar-refractivity contribution >= 4 is 14.1 Å². The third-order valence-electron chi connectivity index (χ3n) is 13.9. The second-order valence-electron chi connectivity index (χ2n) is 15.7. The van der Waals surface area contributed by atoms with Crippen LogP contribution in [-0.2, 0) is 0 Å². The van der Waals surface area contributed by atoms with Crippen LogP contribution in [-0.4, -0.2) is 14.1 Å². The van der Waals surface area contributed by atoms with Crippen LogP contribution in [0.1, 0.15) is 99.3 Å². The Hall–Kier alpha value is 0.532. The fourth-order valence-electron chi connectivity index (χ4n) is 11.3. The number of hydrogen-bond donors (Lipinski definition) is 0. The van der Waals surface area contributed by atoms with Crippen molar-refractivity contribution in [1.29, 1.82) is 0 Å². The average Bonchev–Trinajstić information content (AvgIpc) is 2.73. The molecule has 6 bridgehead atoms. The van der Waals surface area contributed by atoms with Gasteiger partial charge < -0.3 is 0 Å². The maximum atomic E-state index is 2.63. The van der Waals surface area contributed by atoms with Gasteiger partial charge in [-0.3, -0.25) is 0 Å². The average molecular weight is 439 g/mol. The van der Waals surface area contributed by atoms with Crippen molar-refractivity contribution in [3.8, 4) is 0 Å². The van der Waals surface area contributed by atoms with Crippen LogP contribution >= 0.6 is 0 Å². The third kappa shape index (κ3) is 3.24. The molecule has 0 N–H and O–H groups in total. The van der Waals surface area contributed by atoms with Gasteiger partial charge in [0, 0.05) is 0 Å². The van der Waals surface area contributed by atoms with Crippen LogP contribution in [0.4, 0.5) is 0 Å². The van der Waals surface area contributed by atoms with Crippen molar-refractivity contribution in [1.82, 2.24) is 0 Å². The van der Waals surface area contributed by atoms with Gasteiger partial charge in [0.1, 0.15) is 0 Å². The summed E-state index contributed by atoms with van der Waals surface area (Å²) < 4.78 is 0. The molecule has 0 amide bonds. The predicted octanol–water partition coefficient (Wildman–Crippen LogP) is 8.70. The highest BCUT2D eigenvalue weighted by Crippen LogP contribution is 2.66. The Labute approximate surface area is 198 Å². The first-order valence-electron chi connectivity index (χ1n) is 14.6. The fourth-order valence-corrected chi connectivity index (χ4v) is 16.1. The smallest absolute Gasteiger partial charge is 0.0907 e. The molecular formula is C30H51Al. The topological polar surface area (TPSA) is 0 Å². The van der Waals surface area contributed by atoms with Crippen LogP contribution in [0.15, 0.2) is 0 Å². The highest BCUT2D eigenvalue weighted by atomic mass is 27.2. The molecule has 9 aliphatic rings. The molecule has 0 aromatic heterocycles. The zero-order chi connectivity index (χ0) is 21.8. The van der Waals surface area contributed by atoms with E-state index < -0.39 is 14.1 Å². The minimum Gasteiger partial charge on any atom is -0.0907 e. The second kappa shape index (κ2) is 7.27. The summed E-state index contributed by atoms with van der Waals surface area (Å²) in [6.07, 6.45) is 14.3. The van der Waals surface area contributed by atoms with Crippen molar-refractivity contribution in [2.75, 3.05) is 0 Å². The molecule has 0 saturated heterocycles. The van der Waals surface area contributed by atoms with E-state index in [-0.39, 0.29) is 0 Å². The van der Waals surface area contributed by atoms with E-state index >= 15 is 0 Å². The van der Waals surface area contributed by atoms with Crippen molar-refractivity contribution in [3.05, 3.63) is 0 Å². The van der Waals surface area contributed by atoms with E-state index in [0.29, 0.717) is 16.2 Å². The number of fused-ring (bicyclic) bond motifs is 6. The minimum absolute atomic E-state index is 0.669. The SMILES string of the molecule is CC1(C)[C@@H]2CC[C@H]([CH2][Al]([CH2][C@H]3CC[C@@H]4C[C@H]3C4(C)C)[CH2][C@H]3CC[C@@H]4C[C@H]3C4(C)C)[C@H]1C2. The van der Waals surface area contributed by atoms with Crippen LogP contribution in [0.3, 0.4) is 0 Å². The first kappa shape index (κ1) is 22.0. The van der Waals surface area contributed by atoms with Gasteiger partial charge in [-0.25, -0.2) is 0 Å². The molecule has 0 aromatic carbocycles. The molecule has 9 saturated carbocycles. The van der Waals surface area contributed by atoms with Gasteiger partial charge >= 0.3 is 0 Å². The van der Waals surface area contributed by atoms with Gasteiger partial charge in [0.05, 0.1) is 0 Å². The zero-order valence-electron chi connectivity index (χ0n) is 21.8. The minimum atomic E-state index is -0.669. The third-order valence-corrected chi connectivity index (χ3v) is 17.7. The molecule has 0 unspecified atom stereocenters. The van der Waals surface area contributed by atoms with Gasteiger partial charge in [0.15, 0.2) is 0 Å². The summed E-state index contributed by atoms with van der Waals surface area (Å²) in [5.74, 6) is 9.85. The van der Waals surface area contributed by atoms with Gasteiger partial charge in [-0.05, 0) is 108 Å². The maximum absolute atomic E-state index is 2.63. The van der Waals surface area contributed by atoms with E-state index in [4.69, 9.17) is 0 Å². The second-order valence-corrected chi connectivity index (χ2v) is 18.8. The van der Waals surface area contributed by atoms with E-state index in [1.54, 1.807) is 73.6 Å². The lowest BCUT2D eigenvalue weighted by atomic mass is 9.46. The lowest BCUT2D eigenvalue weighted by Gasteiger charge is -2.62. The van der Waals surface area contributed by atoms with Crippen molar-refractivity contribution in [2.24, 2.45) is 69.5 Å². The Balaban J connectivity index is 1.18. The van der Waals surface area contributed by atoms with Gasteiger partial charge in [-0.15, -0.1) is 0 Å². The predicted molar refractivity (Wildman–Crippen MR) is 134 cm³/mol. The molecular weight excluding hydrogens is 387 g/mol. The molecule has 0 aromatic rings. The van der Waals surface area contributed by atoms with Crippen LogP contribution < -0.4 is 0 Å². The number of hydrogen-bond acceptors (Lipinski definition) is 0. The first-order chi connectivity index (χ1) is 14.6. The van der Waals surface area contributed by atoms with Crippen LogP contribution in [0.5, 0.6) is 0 Å². The summed E-state index contributed by atoms with van der Waals surface area (Å²) in [6, 6.07) is 0. The van der Waals surface area contributed by atoms with E-state index in [9.17, 15) is 0 Å². The Morgan fingerprint density at radius 3 is 1.00 bits per heavy atom. The van der Waals surface area contributed by atoms with E-state index in [0.717, 1.165) is 53.3 Å². The van der Waals surface area contributed by atoms with Crippen molar-refractivity contribution in [2.45, 2.75) is 115 Å². The quantitative estimate of drug-likeness (QED) is 0.364. The Morgan fingerprint density at radius 2 is 0.774 bits per heavy atom. The monoisotopic (exact) mass is 438 g/mol. The van der Waals surface area contributed by atoms with Gasteiger partial charge in [0.2, 0.25) is 0 Å². The molecule has 0 radical (unpaired) electrons. The highest BCUT2D eigenvalue weighted by Gasteiger charge is 2.58. The molecule has 31 heavy (non-hydrogen) atoms. The van der Waals surface area contributed by atoms with Crippen molar-refractivity contribution in [3.63, 3.8) is 0 Å². The molecule has 9 rings (SSSR count). The molecule has 1 heteroatoms. The first-order valence-corrected chi connectivity index (χ1v) is 17.0. The van der Waals surface area contributed by atoms with Crippen LogP contribution in [0, 0.1) is 69.5 Å². The summed E-state index contributed by atoms with van der Waals surface area (Å²) in [6.45, 7) is 15.8. The van der Waals surface area contributed by atoms with E-state index in [1.807, 2.05) is 0 Å². The standard InChI is InChI=1S/3C10H17.Al/c3*1-7-4-5-8-6-9(7)10(8,2)3;/h3*7-9H,1,4-6H2,2-3H3;/t3*7-,8+,9+;/m000./s1. The molecule has 0 aliphatic heterocycles. The molecule has 0 heterocycles. The van der Waals surface area contributed by atoms with Gasteiger partial charge in [0.25, 0.3) is 14.1 Å². The molecule has 9 fully saturated rings. The lowest BCUT2D eigenvalue weighted by molar-refractivity contribution is -0.104. The summed E-state index contributed by atoms with van der Waals surface area (Å²) in [4.78, 5) is 0. The van der Waals surface area contributed by atoms with E-state index in [2.05, 4.69) is 41.5 Å². The fraction of sp³-hybridized carbons (Fsp3) is 1.00. The Morgan fingerprint density at radius 1 is 0.484 bits per heavy atom. The largest absolute Gasteiger partial charge is 0.262 e. The van der Waals surface area contributed by atoms with E-state index in [1.165, 1.54) is 0 Å². The zero-order valence-corrected chi connectivity index (χ0v) is 22.9. The number of rotatable bonds is 6. The molecule has 9 atom stereocenters. The van der Waals surface area contributed by atoms with Crippen molar-refractivity contribution < 1.29 is 0 Å². The van der Waals surface area contributed by atoms with Gasteiger partial charge in [-0.1, -0.05) is 76.7 Å². The summed E-state index contributed by atoms with van der Waals surface area (Å²) >= 11 is -0.669. The molecule has 0 spiro atoms. The molecule has 174 valence electrons. The normalized spacial score (nSPS) is 49.9.